The number of nitrogens with zero attached hydrogens (tertiary/aromatic N) is 3. The number of benzene rings is 1. The molecule has 0 heterocycles. The molecule has 2 aliphatic rings. The lowest BCUT2D eigenvalue weighted by Gasteiger charge is -2.33. The molecule has 2 atom stereocenters. The lowest BCUT2D eigenvalue weighted by Crippen LogP contribution is -2.29. The lowest BCUT2D eigenvalue weighted by molar-refractivity contribution is -0.384. The number of carbonyl (C=O) groups excluding carboxylic acids is 1. The quantitative estimate of drug-likeness (QED) is 0.462. The number of carbonyl (C=O) groups is 1. The number of Topliss-reactive ketones (excluding diaryl/α,β-unsaturated/α-hetero) is 1. The predicted octanol–water partition coefficient (Wildman–Crippen LogP) is 3.95. The van der Waals surface area contributed by atoms with Crippen LogP contribution in [0.4, 0.5) is 5.69 Å². The van der Waals surface area contributed by atoms with Crippen LogP contribution in [-0.4, -0.2) is 10.7 Å². The second-order valence-corrected chi connectivity index (χ2v) is 6.89. The van der Waals surface area contributed by atoms with E-state index in [2.05, 4.69) is 0 Å². The van der Waals surface area contributed by atoms with Crippen LogP contribution in [0.25, 0.3) is 0 Å². The Kier molecular flexibility index (Phi) is 4.37. The monoisotopic (exact) mass is 335 g/mol. The molecule has 126 valence electrons. The Labute approximate surface area is 145 Å². The van der Waals surface area contributed by atoms with Gasteiger partial charge < -0.3 is 0 Å². The Bertz CT molecular complexity index is 826. The molecule has 0 N–H and O–H groups in total. The van der Waals surface area contributed by atoms with E-state index in [1.165, 1.54) is 12.1 Å². The third-order valence-corrected chi connectivity index (χ3v) is 5.50. The van der Waals surface area contributed by atoms with Gasteiger partial charge in [0.15, 0.2) is 0 Å². The number of non-ortho nitro benzene ring substituents is 1. The maximum atomic E-state index is 12.8. The van der Waals surface area contributed by atoms with E-state index < -0.39 is 10.3 Å². The summed E-state index contributed by atoms with van der Waals surface area (Å²) in [4.78, 5) is 23.1. The molecule has 1 aromatic rings. The molecule has 2 fully saturated rings. The summed E-state index contributed by atoms with van der Waals surface area (Å²) in [5.74, 6) is 0.226. The van der Waals surface area contributed by atoms with Gasteiger partial charge in [-0.05, 0) is 49.2 Å². The minimum atomic E-state index is -0.487. The Morgan fingerprint density at radius 3 is 2.52 bits per heavy atom. The van der Waals surface area contributed by atoms with Gasteiger partial charge in [-0.2, -0.15) is 10.5 Å². The summed E-state index contributed by atoms with van der Waals surface area (Å²) in [5.41, 5.74) is 1.43. The van der Waals surface area contributed by atoms with E-state index >= 15 is 0 Å². The van der Waals surface area contributed by atoms with E-state index in [1.54, 1.807) is 12.1 Å². The average molecular weight is 335 g/mol. The first-order valence-electron chi connectivity index (χ1n) is 8.29. The number of allylic oxidation sites excluding steroid dienone is 2. The number of nitro benzene ring substituents is 1. The van der Waals surface area contributed by atoms with Crippen molar-refractivity contribution in [2.45, 2.75) is 44.4 Å². The molecule has 2 saturated carbocycles. The normalized spacial score (nSPS) is 25.4. The van der Waals surface area contributed by atoms with Gasteiger partial charge in [0, 0.05) is 24.0 Å². The number of hydrogen-bond acceptors (Lipinski definition) is 5. The molecule has 0 bridgehead atoms. The van der Waals surface area contributed by atoms with E-state index in [1.807, 2.05) is 12.1 Å². The SMILES string of the molecule is N#CC(C#N)=C1CCC[C@]2(C1)C[C@H](c1ccc([N+](=O)[O-])cc1)CC2=O. The standard InChI is InChI=1S/C19H17N3O3/c20-11-16(12-21)14-2-1-7-19(9-14)10-15(8-18(19)23)13-3-5-17(6-4-13)22(24)25/h3-6,15H,1-2,7-10H2/t15-,19+/m1/s1. The third kappa shape index (κ3) is 3.04. The first-order valence-corrected chi connectivity index (χ1v) is 8.29. The van der Waals surface area contributed by atoms with E-state index in [-0.39, 0.29) is 23.0 Å². The molecular formula is C19H17N3O3. The van der Waals surface area contributed by atoms with Gasteiger partial charge in [0.1, 0.15) is 23.5 Å². The van der Waals surface area contributed by atoms with Gasteiger partial charge >= 0.3 is 0 Å². The van der Waals surface area contributed by atoms with Gasteiger partial charge in [-0.25, -0.2) is 0 Å². The Hall–Kier alpha value is -2.99. The van der Waals surface area contributed by atoms with E-state index in [9.17, 15) is 14.9 Å². The Morgan fingerprint density at radius 1 is 1.24 bits per heavy atom. The fourth-order valence-corrected chi connectivity index (χ4v) is 4.24. The van der Waals surface area contributed by atoms with E-state index in [0.29, 0.717) is 25.7 Å². The van der Waals surface area contributed by atoms with E-state index in [0.717, 1.165) is 24.0 Å². The fourth-order valence-electron chi connectivity index (χ4n) is 4.24. The first-order chi connectivity index (χ1) is 12.0. The van der Waals surface area contributed by atoms with Crippen LogP contribution >= 0.6 is 0 Å². The third-order valence-electron chi connectivity index (χ3n) is 5.50. The Morgan fingerprint density at radius 2 is 1.92 bits per heavy atom. The largest absolute Gasteiger partial charge is 0.299 e. The topological polar surface area (TPSA) is 108 Å². The maximum Gasteiger partial charge on any atom is 0.269 e. The van der Waals surface area contributed by atoms with Crippen LogP contribution in [0.15, 0.2) is 35.4 Å². The average Bonchev–Trinajstić information content (AvgIpc) is 2.92. The van der Waals surface area contributed by atoms with Crippen molar-refractivity contribution in [3.63, 3.8) is 0 Å². The highest BCUT2D eigenvalue weighted by molar-refractivity contribution is 5.88. The fraction of sp³-hybridized carbons (Fsp3) is 0.421. The summed E-state index contributed by atoms with van der Waals surface area (Å²) in [7, 11) is 0. The highest BCUT2D eigenvalue weighted by atomic mass is 16.6. The number of hydrogen-bond donors (Lipinski definition) is 0. The number of rotatable bonds is 2. The molecule has 2 aliphatic carbocycles. The van der Waals surface area contributed by atoms with Crippen LogP contribution in [0.5, 0.6) is 0 Å². The smallest absolute Gasteiger partial charge is 0.269 e. The van der Waals surface area contributed by atoms with Crippen molar-refractivity contribution in [1.82, 2.24) is 0 Å². The molecular weight excluding hydrogens is 318 g/mol. The number of ketones is 1. The zero-order valence-electron chi connectivity index (χ0n) is 13.7. The molecule has 0 aliphatic heterocycles. The summed E-state index contributed by atoms with van der Waals surface area (Å²) in [6.07, 6.45) is 3.88. The van der Waals surface area contributed by atoms with Gasteiger partial charge in [0.2, 0.25) is 0 Å². The highest BCUT2D eigenvalue weighted by Gasteiger charge is 2.48. The van der Waals surface area contributed by atoms with Gasteiger partial charge in [-0.15, -0.1) is 0 Å². The van der Waals surface area contributed by atoms with Crippen molar-refractivity contribution < 1.29 is 9.72 Å². The Balaban J connectivity index is 1.85. The van der Waals surface area contributed by atoms with Gasteiger partial charge in [-0.3, -0.25) is 14.9 Å². The van der Waals surface area contributed by atoms with Crippen molar-refractivity contribution in [3.05, 3.63) is 51.1 Å². The minimum absolute atomic E-state index is 0.0401. The highest BCUT2D eigenvalue weighted by Crippen LogP contribution is 2.53. The lowest BCUT2D eigenvalue weighted by atomic mass is 9.69. The van der Waals surface area contributed by atoms with Crippen LogP contribution in [0.2, 0.25) is 0 Å². The summed E-state index contributed by atoms with van der Waals surface area (Å²) >= 11 is 0. The first kappa shape index (κ1) is 16.9. The van der Waals surface area contributed by atoms with Gasteiger partial charge in [-0.1, -0.05) is 12.1 Å². The van der Waals surface area contributed by atoms with Crippen LogP contribution in [0.1, 0.15) is 50.0 Å². The van der Waals surface area contributed by atoms with Gasteiger partial charge in [0.25, 0.3) is 5.69 Å². The molecule has 0 amide bonds. The molecule has 0 radical (unpaired) electrons. The van der Waals surface area contributed by atoms with Crippen molar-refractivity contribution in [2.75, 3.05) is 0 Å². The molecule has 3 rings (SSSR count). The summed E-state index contributed by atoms with van der Waals surface area (Å²) in [6, 6.07) is 10.3. The second kappa shape index (κ2) is 6.49. The summed E-state index contributed by atoms with van der Waals surface area (Å²) in [6.45, 7) is 0. The molecule has 0 unspecified atom stereocenters. The molecule has 0 aromatic heterocycles. The minimum Gasteiger partial charge on any atom is -0.299 e. The van der Waals surface area contributed by atoms with Crippen molar-refractivity contribution >= 4 is 11.5 Å². The van der Waals surface area contributed by atoms with Crippen LogP contribution in [0.3, 0.4) is 0 Å². The molecule has 6 nitrogen and oxygen atoms in total. The predicted molar refractivity (Wildman–Crippen MR) is 89.2 cm³/mol. The van der Waals surface area contributed by atoms with Crippen LogP contribution in [0, 0.1) is 38.2 Å². The van der Waals surface area contributed by atoms with Crippen LogP contribution in [-0.2, 0) is 4.79 Å². The molecule has 1 spiro atoms. The zero-order chi connectivity index (χ0) is 18.0. The molecule has 25 heavy (non-hydrogen) atoms. The zero-order valence-corrected chi connectivity index (χ0v) is 13.7. The maximum absolute atomic E-state index is 12.8. The van der Waals surface area contributed by atoms with Crippen molar-refractivity contribution in [1.29, 1.82) is 10.5 Å². The van der Waals surface area contributed by atoms with Crippen molar-refractivity contribution in [3.8, 4) is 12.1 Å². The summed E-state index contributed by atoms with van der Waals surface area (Å²) in [5, 5.41) is 29.0. The second-order valence-electron chi connectivity index (χ2n) is 6.89. The van der Waals surface area contributed by atoms with E-state index in [4.69, 9.17) is 10.5 Å². The number of nitriles is 2. The van der Waals surface area contributed by atoms with Crippen molar-refractivity contribution in [2.24, 2.45) is 5.41 Å². The molecule has 6 heteroatoms. The summed E-state index contributed by atoms with van der Waals surface area (Å²) < 4.78 is 0. The van der Waals surface area contributed by atoms with Crippen LogP contribution < -0.4 is 0 Å². The molecule has 0 saturated heterocycles. The molecule has 1 aromatic carbocycles. The number of nitro groups is 1. The van der Waals surface area contributed by atoms with Gasteiger partial charge in [0.05, 0.1) is 4.92 Å².